The fourth-order valence-corrected chi connectivity index (χ4v) is 3.40. The van der Waals surface area contributed by atoms with Crippen LogP contribution in [0.5, 0.6) is 0 Å². The summed E-state index contributed by atoms with van der Waals surface area (Å²) in [6, 6.07) is 0.649. The minimum atomic E-state index is 0.649. The van der Waals surface area contributed by atoms with Crippen LogP contribution in [0.15, 0.2) is 0 Å². The van der Waals surface area contributed by atoms with Crippen molar-refractivity contribution >= 4 is 0 Å². The van der Waals surface area contributed by atoms with E-state index in [0.29, 0.717) is 6.04 Å². The third kappa shape index (κ3) is 3.35. The number of hydrogen-bond acceptors (Lipinski definition) is 3. The van der Waals surface area contributed by atoms with Crippen molar-refractivity contribution in [3.05, 3.63) is 11.6 Å². The molecule has 1 aliphatic carbocycles. The summed E-state index contributed by atoms with van der Waals surface area (Å²) < 4.78 is 2.19. The van der Waals surface area contributed by atoms with Gasteiger partial charge in [-0.05, 0) is 38.5 Å². The highest BCUT2D eigenvalue weighted by molar-refractivity contribution is 4.94. The second kappa shape index (κ2) is 6.51. The van der Waals surface area contributed by atoms with E-state index in [9.17, 15) is 0 Å². The maximum atomic E-state index is 4.29. The number of hydrogen-bond donors (Lipinski definition) is 1. The zero-order valence-electron chi connectivity index (χ0n) is 12.8. The molecule has 0 aromatic carbocycles. The summed E-state index contributed by atoms with van der Waals surface area (Å²) in [5.41, 5.74) is 0. The molecule has 1 aromatic heterocycles. The van der Waals surface area contributed by atoms with Gasteiger partial charge in [0.25, 0.3) is 0 Å². The zero-order valence-corrected chi connectivity index (χ0v) is 12.8. The Morgan fingerprint density at radius 3 is 2.68 bits per heavy atom. The van der Waals surface area contributed by atoms with Gasteiger partial charge in [0.15, 0.2) is 0 Å². The Hall–Kier alpha value is -0.900. The van der Waals surface area contributed by atoms with Gasteiger partial charge in [0.05, 0.1) is 6.54 Å². The molecule has 4 heteroatoms. The number of nitrogens with one attached hydrogen (secondary N) is 1. The van der Waals surface area contributed by atoms with Crippen molar-refractivity contribution in [3.63, 3.8) is 0 Å². The monoisotopic (exact) mass is 264 g/mol. The van der Waals surface area contributed by atoms with E-state index in [0.717, 1.165) is 36.6 Å². The van der Waals surface area contributed by atoms with Crippen LogP contribution >= 0.6 is 0 Å². The van der Waals surface area contributed by atoms with Gasteiger partial charge in [-0.2, -0.15) is 0 Å². The van der Waals surface area contributed by atoms with Crippen molar-refractivity contribution in [1.82, 2.24) is 20.1 Å². The maximum Gasteiger partial charge on any atom is 0.146 e. The number of aryl methyl sites for hydroxylation is 1. The smallest absolute Gasteiger partial charge is 0.146 e. The quantitative estimate of drug-likeness (QED) is 0.889. The van der Waals surface area contributed by atoms with Gasteiger partial charge in [-0.1, -0.05) is 26.7 Å². The number of rotatable bonds is 5. The lowest BCUT2D eigenvalue weighted by molar-refractivity contribution is 0.203. The topological polar surface area (TPSA) is 42.7 Å². The SMILES string of the molecule is CCn1c(C)nnc1CN[C@@H]1CCCC[C@H]1C(C)C. The molecule has 0 spiro atoms. The van der Waals surface area contributed by atoms with Gasteiger partial charge in [-0.3, -0.25) is 0 Å². The first kappa shape index (κ1) is 14.5. The minimum Gasteiger partial charge on any atom is -0.314 e. The van der Waals surface area contributed by atoms with Gasteiger partial charge in [0, 0.05) is 12.6 Å². The highest BCUT2D eigenvalue weighted by atomic mass is 15.3. The van der Waals surface area contributed by atoms with Crippen LogP contribution in [0.1, 0.15) is 58.1 Å². The fraction of sp³-hybridized carbons (Fsp3) is 0.867. The fourth-order valence-electron chi connectivity index (χ4n) is 3.40. The van der Waals surface area contributed by atoms with Crippen LogP contribution < -0.4 is 5.32 Å². The van der Waals surface area contributed by atoms with E-state index in [1.165, 1.54) is 25.7 Å². The van der Waals surface area contributed by atoms with Gasteiger partial charge in [-0.15, -0.1) is 10.2 Å². The summed E-state index contributed by atoms with van der Waals surface area (Å²) in [5.74, 6) is 3.67. The van der Waals surface area contributed by atoms with Crippen LogP contribution in [-0.2, 0) is 13.1 Å². The van der Waals surface area contributed by atoms with Crippen LogP contribution in [0.2, 0.25) is 0 Å². The highest BCUT2D eigenvalue weighted by Crippen LogP contribution is 2.30. The van der Waals surface area contributed by atoms with Gasteiger partial charge in [-0.25, -0.2) is 0 Å². The van der Waals surface area contributed by atoms with Crippen molar-refractivity contribution < 1.29 is 0 Å². The van der Waals surface area contributed by atoms with Crippen LogP contribution in [-0.4, -0.2) is 20.8 Å². The lowest BCUT2D eigenvalue weighted by atomic mass is 9.78. The summed E-state index contributed by atoms with van der Waals surface area (Å²) in [7, 11) is 0. The lowest BCUT2D eigenvalue weighted by Crippen LogP contribution is -2.40. The molecule has 0 unspecified atom stereocenters. The molecule has 4 nitrogen and oxygen atoms in total. The summed E-state index contributed by atoms with van der Waals surface area (Å²) in [4.78, 5) is 0. The summed E-state index contributed by atoms with van der Waals surface area (Å²) in [5, 5.41) is 12.2. The predicted octanol–water partition coefficient (Wildman–Crippen LogP) is 2.91. The summed E-state index contributed by atoms with van der Waals surface area (Å²) in [6.07, 6.45) is 5.43. The molecule has 2 rings (SSSR count). The second-order valence-corrected chi connectivity index (χ2v) is 6.09. The Morgan fingerprint density at radius 2 is 2.00 bits per heavy atom. The Labute approximate surface area is 117 Å². The molecule has 108 valence electrons. The normalized spacial score (nSPS) is 24.1. The predicted molar refractivity (Wildman–Crippen MR) is 77.9 cm³/mol. The molecule has 0 bridgehead atoms. The minimum absolute atomic E-state index is 0.649. The molecule has 1 saturated carbocycles. The first-order valence-corrected chi connectivity index (χ1v) is 7.75. The number of aromatic nitrogens is 3. The molecular formula is C15H28N4. The van der Waals surface area contributed by atoms with Crippen LogP contribution in [0.3, 0.4) is 0 Å². The van der Waals surface area contributed by atoms with Crippen molar-refractivity contribution in [2.75, 3.05) is 0 Å². The molecule has 1 aliphatic rings. The molecule has 0 amide bonds. The number of nitrogens with zero attached hydrogens (tertiary/aromatic N) is 3. The summed E-state index contributed by atoms with van der Waals surface area (Å²) in [6.45, 7) is 10.7. The standard InChI is InChI=1S/C15H28N4/c1-5-19-12(4)17-18-15(19)10-16-14-9-7-6-8-13(14)11(2)3/h11,13-14,16H,5-10H2,1-4H3/t13-,14+/m0/s1. The van der Waals surface area contributed by atoms with Gasteiger partial charge in [0.2, 0.25) is 0 Å². The second-order valence-electron chi connectivity index (χ2n) is 6.09. The lowest BCUT2D eigenvalue weighted by Gasteiger charge is -2.35. The van der Waals surface area contributed by atoms with Gasteiger partial charge >= 0.3 is 0 Å². The Bertz CT molecular complexity index is 397. The van der Waals surface area contributed by atoms with Gasteiger partial charge in [0.1, 0.15) is 11.6 Å². The molecule has 1 N–H and O–H groups in total. The van der Waals surface area contributed by atoms with E-state index in [1.807, 2.05) is 6.92 Å². The average Bonchev–Trinajstić information content (AvgIpc) is 2.77. The summed E-state index contributed by atoms with van der Waals surface area (Å²) >= 11 is 0. The van der Waals surface area contributed by atoms with Crippen LogP contribution in [0, 0.1) is 18.8 Å². The molecule has 1 fully saturated rings. The first-order valence-electron chi connectivity index (χ1n) is 7.75. The van der Waals surface area contributed by atoms with Crippen molar-refractivity contribution in [3.8, 4) is 0 Å². The largest absolute Gasteiger partial charge is 0.314 e. The highest BCUT2D eigenvalue weighted by Gasteiger charge is 2.27. The molecule has 0 saturated heterocycles. The third-order valence-electron chi connectivity index (χ3n) is 4.53. The molecule has 19 heavy (non-hydrogen) atoms. The van der Waals surface area contributed by atoms with E-state index in [-0.39, 0.29) is 0 Å². The molecular weight excluding hydrogens is 236 g/mol. The van der Waals surface area contributed by atoms with Crippen molar-refractivity contribution in [2.24, 2.45) is 11.8 Å². The zero-order chi connectivity index (χ0) is 13.8. The first-order chi connectivity index (χ1) is 9.13. The van der Waals surface area contributed by atoms with E-state index in [1.54, 1.807) is 0 Å². The van der Waals surface area contributed by atoms with Crippen molar-refractivity contribution in [2.45, 2.75) is 72.5 Å². The Morgan fingerprint density at radius 1 is 1.26 bits per heavy atom. The molecule has 0 aliphatic heterocycles. The Kier molecular flexibility index (Phi) is 4.97. The van der Waals surface area contributed by atoms with Crippen LogP contribution in [0.4, 0.5) is 0 Å². The van der Waals surface area contributed by atoms with Crippen molar-refractivity contribution in [1.29, 1.82) is 0 Å². The molecule has 1 heterocycles. The maximum absolute atomic E-state index is 4.29. The third-order valence-corrected chi connectivity index (χ3v) is 4.53. The molecule has 2 atom stereocenters. The van der Waals surface area contributed by atoms with E-state index < -0.39 is 0 Å². The van der Waals surface area contributed by atoms with E-state index in [2.05, 4.69) is 40.9 Å². The van der Waals surface area contributed by atoms with E-state index >= 15 is 0 Å². The average molecular weight is 264 g/mol. The molecule has 0 radical (unpaired) electrons. The Balaban J connectivity index is 1.96. The van der Waals surface area contributed by atoms with E-state index in [4.69, 9.17) is 0 Å². The van der Waals surface area contributed by atoms with Gasteiger partial charge < -0.3 is 9.88 Å². The van der Waals surface area contributed by atoms with Crippen LogP contribution in [0.25, 0.3) is 0 Å². The molecule has 1 aromatic rings.